The van der Waals surface area contributed by atoms with Crippen molar-refractivity contribution in [1.29, 1.82) is 0 Å². The van der Waals surface area contributed by atoms with Crippen LogP contribution in [-0.4, -0.2) is 28.7 Å². The van der Waals surface area contributed by atoms with Crippen LogP contribution in [0.4, 0.5) is 5.69 Å². The highest BCUT2D eigenvalue weighted by Gasteiger charge is 2.05. The Hall–Kier alpha value is -0.420. The maximum atomic E-state index is 9.13. The van der Waals surface area contributed by atoms with Crippen molar-refractivity contribution in [2.75, 3.05) is 18.1 Å². The highest BCUT2D eigenvalue weighted by atomic mass is 35.5. The van der Waals surface area contributed by atoms with Crippen molar-refractivity contribution in [3.63, 3.8) is 0 Å². The number of nitrogen functional groups attached to an aromatic ring is 1. The van der Waals surface area contributed by atoms with Crippen LogP contribution in [0.25, 0.3) is 0 Å². The number of thioether (sulfide) groups is 1. The molecule has 0 radical (unpaired) electrons. The molecule has 78 valence electrons. The first-order valence-electron chi connectivity index (χ1n) is 4.10. The molecule has 0 aromatic heterocycles. The molecule has 0 aliphatic heterocycles. The van der Waals surface area contributed by atoms with E-state index in [-0.39, 0.29) is 6.61 Å². The van der Waals surface area contributed by atoms with Crippen molar-refractivity contribution in [3.05, 3.63) is 23.2 Å². The largest absolute Gasteiger partial charge is 0.398 e. The van der Waals surface area contributed by atoms with E-state index in [1.54, 1.807) is 18.2 Å². The van der Waals surface area contributed by atoms with Crippen LogP contribution in [0.2, 0.25) is 5.02 Å². The average Bonchev–Trinajstić information content (AvgIpc) is 2.19. The molecule has 5 heteroatoms. The van der Waals surface area contributed by atoms with Crippen LogP contribution in [0.5, 0.6) is 0 Å². The molecule has 3 nitrogen and oxygen atoms in total. The maximum Gasteiger partial charge on any atom is 0.0864 e. The van der Waals surface area contributed by atoms with Gasteiger partial charge >= 0.3 is 0 Å². The average molecular weight is 234 g/mol. The molecule has 0 saturated carbocycles. The number of nitrogens with two attached hydrogens (primary N) is 1. The predicted octanol–water partition coefficient (Wildman–Crippen LogP) is 1.37. The lowest BCUT2D eigenvalue weighted by Crippen LogP contribution is -2.14. The fourth-order valence-electron chi connectivity index (χ4n) is 0.872. The van der Waals surface area contributed by atoms with Gasteiger partial charge in [0.1, 0.15) is 0 Å². The van der Waals surface area contributed by atoms with Gasteiger partial charge in [0, 0.05) is 21.4 Å². The van der Waals surface area contributed by atoms with Crippen molar-refractivity contribution in [2.24, 2.45) is 0 Å². The second-order valence-electron chi connectivity index (χ2n) is 2.83. The van der Waals surface area contributed by atoms with E-state index in [2.05, 4.69) is 0 Å². The second-order valence-corrected chi connectivity index (χ2v) is 4.33. The first kappa shape index (κ1) is 11.7. The van der Waals surface area contributed by atoms with E-state index >= 15 is 0 Å². The standard InChI is InChI=1S/C9H12ClNO2S/c10-6-1-2-8(11)9(3-6)14-5-7(13)4-12/h1-3,7,12-13H,4-5,11H2. The van der Waals surface area contributed by atoms with E-state index in [1.165, 1.54) is 11.8 Å². The first-order valence-corrected chi connectivity index (χ1v) is 5.46. The van der Waals surface area contributed by atoms with E-state index in [0.717, 1.165) is 4.90 Å². The maximum absolute atomic E-state index is 9.13. The minimum atomic E-state index is -0.724. The van der Waals surface area contributed by atoms with Gasteiger partial charge in [0.25, 0.3) is 0 Å². The summed E-state index contributed by atoms with van der Waals surface area (Å²) in [5.41, 5.74) is 6.32. The van der Waals surface area contributed by atoms with Crippen molar-refractivity contribution >= 4 is 29.1 Å². The van der Waals surface area contributed by atoms with Gasteiger partial charge in [-0.15, -0.1) is 11.8 Å². The summed E-state index contributed by atoms with van der Waals surface area (Å²) in [5, 5.41) is 18.4. The van der Waals surface area contributed by atoms with Gasteiger partial charge in [0.2, 0.25) is 0 Å². The number of benzene rings is 1. The number of halogens is 1. The van der Waals surface area contributed by atoms with Crippen LogP contribution in [0, 0.1) is 0 Å². The minimum absolute atomic E-state index is 0.243. The van der Waals surface area contributed by atoms with E-state index in [4.69, 9.17) is 27.5 Å². The fraction of sp³-hybridized carbons (Fsp3) is 0.333. The Balaban J connectivity index is 2.62. The quantitative estimate of drug-likeness (QED) is 0.543. The summed E-state index contributed by atoms with van der Waals surface area (Å²) in [5.74, 6) is 0.404. The van der Waals surface area contributed by atoms with Gasteiger partial charge in [-0.25, -0.2) is 0 Å². The van der Waals surface area contributed by atoms with Crippen molar-refractivity contribution in [2.45, 2.75) is 11.0 Å². The predicted molar refractivity (Wildman–Crippen MR) is 59.7 cm³/mol. The van der Waals surface area contributed by atoms with Gasteiger partial charge < -0.3 is 15.9 Å². The topological polar surface area (TPSA) is 66.5 Å². The lowest BCUT2D eigenvalue weighted by atomic mass is 10.3. The van der Waals surface area contributed by atoms with Gasteiger partial charge in [0.05, 0.1) is 12.7 Å². The molecule has 0 heterocycles. The Kier molecular flexibility index (Phi) is 4.54. The Morgan fingerprint density at radius 2 is 2.21 bits per heavy atom. The summed E-state index contributed by atoms with van der Waals surface area (Å²) in [4.78, 5) is 0.824. The molecule has 4 N–H and O–H groups in total. The molecular weight excluding hydrogens is 222 g/mol. The lowest BCUT2D eigenvalue weighted by molar-refractivity contribution is 0.113. The summed E-state index contributed by atoms with van der Waals surface area (Å²) < 4.78 is 0. The molecule has 0 amide bonds. The van der Waals surface area contributed by atoms with Crippen molar-refractivity contribution < 1.29 is 10.2 Å². The monoisotopic (exact) mass is 233 g/mol. The zero-order chi connectivity index (χ0) is 10.6. The molecule has 1 rings (SSSR count). The third kappa shape index (κ3) is 3.38. The zero-order valence-electron chi connectivity index (χ0n) is 7.48. The van der Waals surface area contributed by atoms with Gasteiger partial charge in [-0.05, 0) is 18.2 Å². The molecule has 0 aliphatic carbocycles. The Morgan fingerprint density at radius 3 is 2.86 bits per heavy atom. The normalized spacial score (nSPS) is 12.8. The Morgan fingerprint density at radius 1 is 1.50 bits per heavy atom. The molecular formula is C9H12ClNO2S. The molecule has 0 bridgehead atoms. The molecule has 1 aromatic carbocycles. The van der Waals surface area contributed by atoms with Gasteiger partial charge in [-0.3, -0.25) is 0 Å². The Labute approximate surface area is 91.9 Å². The summed E-state index contributed by atoms with van der Waals surface area (Å²) in [7, 11) is 0. The van der Waals surface area contributed by atoms with Crippen LogP contribution < -0.4 is 5.73 Å². The van der Waals surface area contributed by atoms with Gasteiger partial charge in [-0.1, -0.05) is 11.6 Å². The van der Waals surface area contributed by atoms with Crippen molar-refractivity contribution in [1.82, 2.24) is 0 Å². The van der Waals surface area contributed by atoms with Crippen LogP contribution in [0.15, 0.2) is 23.1 Å². The molecule has 1 atom stereocenters. The zero-order valence-corrected chi connectivity index (χ0v) is 9.05. The highest BCUT2D eigenvalue weighted by Crippen LogP contribution is 2.28. The number of hydrogen-bond acceptors (Lipinski definition) is 4. The minimum Gasteiger partial charge on any atom is -0.398 e. The molecule has 0 aliphatic rings. The molecule has 1 aromatic rings. The summed E-state index contributed by atoms with van der Waals surface area (Å²) in [6.07, 6.45) is -0.724. The number of aliphatic hydroxyl groups excluding tert-OH is 2. The number of anilines is 1. The highest BCUT2D eigenvalue weighted by molar-refractivity contribution is 7.99. The van der Waals surface area contributed by atoms with E-state index in [1.807, 2.05) is 0 Å². The van der Waals surface area contributed by atoms with Crippen LogP contribution in [-0.2, 0) is 0 Å². The van der Waals surface area contributed by atoms with Gasteiger partial charge in [0.15, 0.2) is 0 Å². The molecule has 0 spiro atoms. The molecule has 14 heavy (non-hydrogen) atoms. The smallest absolute Gasteiger partial charge is 0.0864 e. The van der Waals surface area contributed by atoms with Crippen LogP contribution >= 0.6 is 23.4 Å². The van der Waals surface area contributed by atoms with Crippen LogP contribution in [0.1, 0.15) is 0 Å². The summed E-state index contributed by atoms with van der Waals surface area (Å²) >= 11 is 7.16. The molecule has 0 fully saturated rings. The fourth-order valence-corrected chi connectivity index (χ4v) is 2.03. The molecule has 1 unspecified atom stereocenters. The van der Waals surface area contributed by atoms with Crippen molar-refractivity contribution in [3.8, 4) is 0 Å². The summed E-state index contributed by atoms with van der Waals surface area (Å²) in [6.45, 7) is -0.243. The number of aliphatic hydroxyl groups is 2. The lowest BCUT2D eigenvalue weighted by Gasteiger charge is -2.08. The second kappa shape index (κ2) is 5.46. The van der Waals surface area contributed by atoms with E-state index < -0.39 is 6.10 Å². The number of rotatable bonds is 4. The molecule has 0 saturated heterocycles. The first-order chi connectivity index (χ1) is 6.63. The van der Waals surface area contributed by atoms with E-state index in [0.29, 0.717) is 16.5 Å². The van der Waals surface area contributed by atoms with Gasteiger partial charge in [-0.2, -0.15) is 0 Å². The SMILES string of the molecule is Nc1ccc(Cl)cc1SCC(O)CO. The van der Waals surface area contributed by atoms with Crippen LogP contribution in [0.3, 0.4) is 0 Å². The number of hydrogen-bond donors (Lipinski definition) is 3. The Bertz CT molecular complexity index is 309. The van der Waals surface area contributed by atoms with E-state index in [9.17, 15) is 0 Å². The third-order valence-electron chi connectivity index (χ3n) is 1.62. The summed E-state index contributed by atoms with van der Waals surface area (Å²) in [6, 6.07) is 5.17. The third-order valence-corrected chi connectivity index (χ3v) is 3.07.